The van der Waals surface area contributed by atoms with E-state index < -0.39 is 10.6 Å². The Labute approximate surface area is 178 Å². The van der Waals surface area contributed by atoms with E-state index in [1.54, 1.807) is 20.3 Å². The van der Waals surface area contributed by atoms with Gasteiger partial charge in [0.2, 0.25) is 0 Å². The molecule has 158 valence electrons. The number of non-ortho nitro benzene ring substituents is 1. The largest absolute Gasteiger partial charge is 0.497 e. The van der Waals surface area contributed by atoms with Gasteiger partial charge in [0, 0.05) is 17.8 Å². The lowest BCUT2D eigenvalue weighted by Crippen LogP contribution is -2.55. The third-order valence-corrected chi connectivity index (χ3v) is 5.03. The molecule has 0 bridgehead atoms. The number of hydrogen-bond acceptors (Lipinski definition) is 8. The zero-order valence-electron chi connectivity index (χ0n) is 17.0. The second-order valence-corrected chi connectivity index (χ2v) is 6.93. The maximum Gasteiger partial charge on any atom is 0.271 e. The van der Waals surface area contributed by atoms with Crippen molar-refractivity contribution in [1.29, 1.82) is 0 Å². The molecule has 3 aromatic carbocycles. The van der Waals surface area contributed by atoms with Crippen LogP contribution in [0.5, 0.6) is 11.5 Å². The van der Waals surface area contributed by atoms with Crippen molar-refractivity contribution in [3.8, 4) is 11.5 Å². The number of nitrogens with one attached hydrogen (secondary N) is 2. The summed E-state index contributed by atoms with van der Waals surface area (Å²) in [6.45, 7) is 0. The van der Waals surface area contributed by atoms with Gasteiger partial charge in [0.05, 0.1) is 30.5 Å². The minimum absolute atomic E-state index is 0.0536. The molecule has 1 unspecified atom stereocenters. The summed E-state index contributed by atoms with van der Waals surface area (Å²) in [5.41, 5.74) is 8.03. The predicted octanol–water partition coefficient (Wildman–Crippen LogP) is 3.99. The zero-order valence-corrected chi connectivity index (χ0v) is 17.0. The number of aliphatic imine (C=N–C) groups is 1. The van der Waals surface area contributed by atoms with Gasteiger partial charge in [-0.2, -0.15) is 0 Å². The minimum Gasteiger partial charge on any atom is -0.497 e. The van der Waals surface area contributed by atoms with Crippen molar-refractivity contribution >= 4 is 28.6 Å². The molecule has 9 heteroatoms. The van der Waals surface area contributed by atoms with E-state index in [1.807, 2.05) is 48.5 Å². The van der Waals surface area contributed by atoms with Gasteiger partial charge in [-0.15, -0.1) is 0 Å². The average Bonchev–Trinajstić information content (AvgIpc) is 2.79. The molecule has 0 amide bonds. The summed E-state index contributed by atoms with van der Waals surface area (Å²) in [5.74, 6) is 1.79. The second kappa shape index (κ2) is 7.96. The van der Waals surface area contributed by atoms with Gasteiger partial charge in [-0.25, -0.2) is 4.99 Å². The first kappa shape index (κ1) is 20.2. The van der Waals surface area contributed by atoms with E-state index in [4.69, 9.17) is 15.2 Å². The second-order valence-electron chi connectivity index (χ2n) is 6.93. The predicted molar refractivity (Wildman–Crippen MR) is 119 cm³/mol. The first-order valence-electron chi connectivity index (χ1n) is 9.43. The van der Waals surface area contributed by atoms with E-state index in [0.29, 0.717) is 28.7 Å². The zero-order chi connectivity index (χ0) is 22.0. The monoisotopic (exact) mass is 419 g/mol. The van der Waals surface area contributed by atoms with E-state index in [-0.39, 0.29) is 5.69 Å². The van der Waals surface area contributed by atoms with E-state index >= 15 is 0 Å². The van der Waals surface area contributed by atoms with Gasteiger partial charge in [-0.1, -0.05) is 12.1 Å². The number of hydrogen-bond donors (Lipinski definition) is 3. The van der Waals surface area contributed by atoms with Gasteiger partial charge in [0.15, 0.2) is 11.5 Å². The highest BCUT2D eigenvalue weighted by Crippen LogP contribution is 2.39. The third-order valence-electron chi connectivity index (χ3n) is 5.03. The van der Waals surface area contributed by atoms with Gasteiger partial charge in [0.1, 0.15) is 11.5 Å². The van der Waals surface area contributed by atoms with Gasteiger partial charge >= 0.3 is 0 Å². The number of nitro benzene ring substituents is 1. The van der Waals surface area contributed by atoms with Crippen LogP contribution in [-0.2, 0) is 5.66 Å². The van der Waals surface area contributed by atoms with E-state index in [9.17, 15) is 10.1 Å². The summed E-state index contributed by atoms with van der Waals surface area (Å²) in [6, 6.07) is 19.0. The molecule has 0 aliphatic carbocycles. The van der Waals surface area contributed by atoms with E-state index in [0.717, 1.165) is 11.3 Å². The molecule has 0 spiro atoms. The number of nitrogens with two attached hydrogens (primary N) is 1. The summed E-state index contributed by atoms with van der Waals surface area (Å²) in [7, 11) is 3.18. The number of anilines is 2. The lowest BCUT2D eigenvalue weighted by molar-refractivity contribution is -0.384. The molecule has 0 saturated carbocycles. The quantitative estimate of drug-likeness (QED) is 0.422. The Balaban J connectivity index is 1.79. The number of fused-ring (bicyclic) bond motifs is 1. The normalized spacial score (nSPS) is 17.1. The number of rotatable bonds is 5. The molecule has 0 radical (unpaired) electrons. The topological polar surface area (TPSA) is 124 Å². The Kier molecular flexibility index (Phi) is 5.18. The number of nitro groups is 1. The lowest BCUT2D eigenvalue weighted by Gasteiger charge is -2.37. The molecule has 1 aliphatic heterocycles. The summed E-state index contributed by atoms with van der Waals surface area (Å²) >= 11 is 0. The van der Waals surface area contributed by atoms with Crippen LogP contribution in [0, 0.1) is 10.1 Å². The van der Waals surface area contributed by atoms with Gasteiger partial charge in [0.25, 0.3) is 5.69 Å². The summed E-state index contributed by atoms with van der Waals surface area (Å²) < 4.78 is 10.4. The number of methoxy groups -OCH3 is 2. The van der Waals surface area contributed by atoms with Gasteiger partial charge < -0.3 is 20.1 Å². The summed E-state index contributed by atoms with van der Waals surface area (Å²) in [5, 5.41) is 17.7. The molecule has 0 saturated heterocycles. The highest BCUT2D eigenvalue weighted by Gasteiger charge is 2.38. The van der Waals surface area contributed by atoms with Crippen LogP contribution in [0.4, 0.5) is 22.7 Å². The van der Waals surface area contributed by atoms with Crippen molar-refractivity contribution in [2.45, 2.75) is 5.66 Å². The molecular weight excluding hydrogens is 398 g/mol. The van der Waals surface area contributed by atoms with Crippen molar-refractivity contribution in [3.05, 3.63) is 82.4 Å². The molecule has 0 aromatic heterocycles. The SMILES string of the molecule is COc1ccc(NC2=Nc3cc([N+](=O)[O-])ccc3NC2(N)c2ccc(OC)cc2)cc1. The standard InChI is InChI=1S/C22H21N5O4/c1-30-17-8-3-14(4-9-17)22(23)21(24-15-5-10-18(31-2)11-6-15)25-20-13-16(27(28)29)7-12-19(20)26-22/h3-13,26H,23H2,1-2H3,(H,24,25). The molecule has 3 aromatic rings. The highest BCUT2D eigenvalue weighted by molar-refractivity contribution is 6.08. The van der Waals surface area contributed by atoms with Crippen molar-refractivity contribution in [1.82, 2.24) is 0 Å². The molecule has 31 heavy (non-hydrogen) atoms. The number of nitrogens with zero attached hydrogens (tertiary/aromatic N) is 2. The van der Waals surface area contributed by atoms with Gasteiger partial charge in [-0.3, -0.25) is 15.8 Å². The fraction of sp³-hybridized carbons (Fsp3) is 0.136. The third kappa shape index (κ3) is 3.86. The highest BCUT2D eigenvalue weighted by atomic mass is 16.6. The van der Waals surface area contributed by atoms with Crippen LogP contribution in [0.15, 0.2) is 71.7 Å². The van der Waals surface area contributed by atoms with Crippen LogP contribution in [0.3, 0.4) is 0 Å². The molecule has 1 aliphatic rings. The molecule has 4 N–H and O–H groups in total. The Morgan fingerprint density at radius 3 is 2.19 bits per heavy atom. The molecular formula is C22H21N5O4. The van der Waals surface area contributed by atoms with Crippen LogP contribution < -0.4 is 25.8 Å². The minimum atomic E-state index is -1.21. The Morgan fingerprint density at radius 1 is 1.00 bits per heavy atom. The molecule has 4 rings (SSSR count). The lowest BCUT2D eigenvalue weighted by atomic mass is 9.95. The summed E-state index contributed by atoms with van der Waals surface area (Å²) in [6.07, 6.45) is 0. The molecule has 0 fully saturated rings. The smallest absolute Gasteiger partial charge is 0.271 e. The maximum absolute atomic E-state index is 11.2. The van der Waals surface area contributed by atoms with Crippen LogP contribution in [0.25, 0.3) is 0 Å². The van der Waals surface area contributed by atoms with E-state index in [1.165, 1.54) is 12.1 Å². The van der Waals surface area contributed by atoms with Crippen molar-refractivity contribution in [2.24, 2.45) is 10.7 Å². The molecule has 9 nitrogen and oxygen atoms in total. The van der Waals surface area contributed by atoms with Crippen molar-refractivity contribution in [2.75, 3.05) is 24.9 Å². The van der Waals surface area contributed by atoms with E-state index in [2.05, 4.69) is 15.6 Å². The van der Waals surface area contributed by atoms with Crippen LogP contribution in [-0.4, -0.2) is 25.0 Å². The average molecular weight is 419 g/mol. The van der Waals surface area contributed by atoms with Crippen molar-refractivity contribution < 1.29 is 14.4 Å². The Morgan fingerprint density at radius 2 is 1.61 bits per heavy atom. The fourth-order valence-corrected chi connectivity index (χ4v) is 3.31. The van der Waals surface area contributed by atoms with Crippen LogP contribution in [0.1, 0.15) is 5.56 Å². The first-order valence-corrected chi connectivity index (χ1v) is 9.43. The van der Waals surface area contributed by atoms with Crippen molar-refractivity contribution in [3.63, 3.8) is 0 Å². The number of benzene rings is 3. The van der Waals surface area contributed by atoms with Crippen LogP contribution >= 0.6 is 0 Å². The Bertz CT molecular complexity index is 1150. The molecule has 1 atom stereocenters. The Hall–Kier alpha value is -4.11. The van der Waals surface area contributed by atoms with Crippen LogP contribution in [0.2, 0.25) is 0 Å². The van der Waals surface area contributed by atoms with Gasteiger partial charge in [-0.05, 0) is 48.0 Å². The number of amidine groups is 1. The molecule has 1 heterocycles. The maximum atomic E-state index is 11.2. The summed E-state index contributed by atoms with van der Waals surface area (Å²) in [4.78, 5) is 15.4. The fourth-order valence-electron chi connectivity index (χ4n) is 3.31. The number of ether oxygens (including phenoxy) is 2. The first-order chi connectivity index (χ1) is 14.9.